The lowest BCUT2D eigenvalue weighted by molar-refractivity contribution is 0.282. The molecular weight excluding hydrogens is 222 g/mol. The fourth-order valence-corrected chi connectivity index (χ4v) is 1.78. The molecule has 0 spiro atoms. The lowest BCUT2D eigenvalue weighted by Gasteiger charge is -2.08. The molecule has 2 aromatic carbocycles. The zero-order valence-electron chi connectivity index (χ0n) is 8.65. The van der Waals surface area contributed by atoms with E-state index in [1.54, 1.807) is 6.07 Å². The normalized spacial score (nSPS) is 10.4. The summed E-state index contributed by atoms with van der Waals surface area (Å²) < 4.78 is 0. The van der Waals surface area contributed by atoms with Crippen molar-refractivity contribution in [3.05, 3.63) is 53.1 Å². The van der Waals surface area contributed by atoms with Crippen LogP contribution in [0.25, 0.3) is 11.1 Å². The Morgan fingerprint density at radius 2 is 1.75 bits per heavy atom. The number of benzene rings is 2. The van der Waals surface area contributed by atoms with E-state index in [9.17, 15) is 5.11 Å². The van der Waals surface area contributed by atoms with Crippen LogP contribution >= 0.6 is 11.6 Å². The number of rotatable bonds is 2. The third-order valence-corrected chi connectivity index (χ3v) is 2.71. The molecule has 82 valence electrons. The summed E-state index contributed by atoms with van der Waals surface area (Å²) in [5.74, 6) is 0. The van der Waals surface area contributed by atoms with Gasteiger partial charge in [0.05, 0.1) is 6.61 Å². The minimum atomic E-state index is -0.0248. The second kappa shape index (κ2) is 4.56. The van der Waals surface area contributed by atoms with Gasteiger partial charge in [0.1, 0.15) is 0 Å². The van der Waals surface area contributed by atoms with Gasteiger partial charge < -0.3 is 10.8 Å². The van der Waals surface area contributed by atoms with E-state index in [1.165, 1.54) is 0 Å². The summed E-state index contributed by atoms with van der Waals surface area (Å²) in [5.41, 5.74) is 9.15. The second-order valence-electron chi connectivity index (χ2n) is 3.58. The van der Waals surface area contributed by atoms with E-state index >= 15 is 0 Å². The van der Waals surface area contributed by atoms with E-state index in [4.69, 9.17) is 17.3 Å². The molecule has 0 aromatic heterocycles. The zero-order valence-corrected chi connectivity index (χ0v) is 9.41. The summed E-state index contributed by atoms with van der Waals surface area (Å²) in [5, 5.41) is 9.98. The van der Waals surface area contributed by atoms with Crippen LogP contribution < -0.4 is 5.73 Å². The first-order valence-electron chi connectivity index (χ1n) is 4.96. The first-order valence-corrected chi connectivity index (χ1v) is 5.33. The summed E-state index contributed by atoms with van der Waals surface area (Å²) in [4.78, 5) is 0. The van der Waals surface area contributed by atoms with E-state index in [0.717, 1.165) is 16.7 Å². The van der Waals surface area contributed by atoms with Crippen molar-refractivity contribution < 1.29 is 5.11 Å². The Hall–Kier alpha value is -1.51. The third kappa shape index (κ3) is 2.18. The maximum atomic E-state index is 9.28. The monoisotopic (exact) mass is 233 g/mol. The molecular formula is C13H12ClNO. The molecule has 16 heavy (non-hydrogen) atoms. The Labute approximate surface area is 99.3 Å². The third-order valence-electron chi connectivity index (χ3n) is 2.45. The van der Waals surface area contributed by atoms with Gasteiger partial charge in [0.25, 0.3) is 0 Å². The Balaban J connectivity index is 2.51. The van der Waals surface area contributed by atoms with E-state index in [0.29, 0.717) is 10.7 Å². The van der Waals surface area contributed by atoms with Crippen molar-refractivity contribution in [2.45, 2.75) is 6.61 Å². The molecule has 0 aliphatic rings. The highest BCUT2D eigenvalue weighted by atomic mass is 35.5. The second-order valence-corrected chi connectivity index (χ2v) is 4.02. The van der Waals surface area contributed by atoms with Crippen LogP contribution in [0.1, 0.15) is 5.56 Å². The van der Waals surface area contributed by atoms with Crippen LogP contribution in [0, 0.1) is 0 Å². The lowest BCUT2D eigenvalue weighted by Crippen LogP contribution is -1.92. The lowest BCUT2D eigenvalue weighted by atomic mass is 9.99. The Morgan fingerprint density at radius 3 is 2.38 bits per heavy atom. The quantitative estimate of drug-likeness (QED) is 0.783. The Bertz CT molecular complexity index is 494. The average molecular weight is 234 g/mol. The maximum Gasteiger partial charge on any atom is 0.0688 e. The molecule has 0 fully saturated rings. The summed E-state index contributed by atoms with van der Waals surface area (Å²) in [7, 11) is 0. The predicted molar refractivity (Wildman–Crippen MR) is 67.2 cm³/mol. The number of anilines is 1. The first-order chi connectivity index (χ1) is 7.70. The summed E-state index contributed by atoms with van der Waals surface area (Å²) in [6, 6.07) is 13.0. The van der Waals surface area contributed by atoms with E-state index in [1.807, 2.05) is 36.4 Å². The summed E-state index contributed by atoms with van der Waals surface area (Å²) in [6.07, 6.45) is 0. The van der Waals surface area contributed by atoms with Crippen molar-refractivity contribution in [1.82, 2.24) is 0 Å². The molecule has 0 heterocycles. The van der Waals surface area contributed by atoms with Crippen molar-refractivity contribution >= 4 is 17.3 Å². The highest BCUT2D eigenvalue weighted by Crippen LogP contribution is 2.26. The molecule has 3 N–H and O–H groups in total. The standard InChI is InChI=1S/C13H12ClNO/c14-11-3-1-9(2-4-11)13-6-5-12(15)7-10(13)8-16/h1-7,16H,8,15H2. The van der Waals surface area contributed by atoms with Crippen LogP contribution in [0.4, 0.5) is 5.69 Å². The smallest absolute Gasteiger partial charge is 0.0688 e. The van der Waals surface area contributed by atoms with Crippen LogP contribution in [0.5, 0.6) is 0 Å². The molecule has 0 radical (unpaired) electrons. The van der Waals surface area contributed by atoms with Gasteiger partial charge in [-0.25, -0.2) is 0 Å². The molecule has 0 aliphatic carbocycles. The van der Waals surface area contributed by atoms with Gasteiger partial charge in [-0.05, 0) is 41.0 Å². The number of nitrogens with two attached hydrogens (primary N) is 1. The maximum absolute atomic E-state index is 9.28. The SMILES string of the molecule is Nc1ccc(-c2ccc(Cl)cc2)c(CO)c1. The van der Waals surface area contributed by atoms with Crippen molar-refractivity contribution in [3.63, 3.8) is 0 Å². The molecule has 2 rings (SSSR count). The number of nitrogen functional groups attached to an aromatic ring is 1. The number of hydrogen-bond acceptors (Lipinski definition) is 2. The van der Waals surface area contributed by atoms with Crippen molar-refractivity contribution in [2.75, 3.05) is 5.73 Å². The molecule has 3 heteroatoms. The topological polar surface area (TPSA) is 46.2 Å². The van der Waals surface area contributed by atoms with Crippen molar-refractivity contribution in [3.8, 4) is 11.1 Å². The molecule has 2 nitrogen and oxygen atoms in total. The Morgan fingerprint density at radius 1 is 1.06 bits per heavy atom. The van der Waals surface area contributed by atoms with Gasteiger partial charge in [0, 0.05) is 10.7 Å². The van der Waals surface area contributed by atoms with Crippen LogP contribution in [-0.2, 0) is 6.61 Å². The minimum Gasteiger partial charge on any atom is -0.399 e. The molecule has 0 saturated carbocycles. The summed E-state index contributed by atoms with van der Waals surface area (Å²) >= 11 is 5.83. The van der Waals surface area contributed by atoms with Crippen LogP contribution in [-0.4, -0.2) is 5.11 Å². The zero-order chi connectivity index (χ0) is 11.5. The number of halogens is 1. The average Bonchev–Trinajstić information content (AvgIpc) is 2.30. The fraction of sp³-hybridized carbons (Fsp3) is 0.0769. The van der Waals surface area contributed by atoms with Crippen LogP contribution in [0.15, 0.2) is 42.5 Å². The molecule has 0 bridgehead atoms. The van der Waals surface area contributed by atoms with Crippen molar-refractivity contribution in [1.29, 1.82) is 0 Å². The van der Waals surface area contributed by atoms with Gasteiger partial charge in [-0.2, -0.15) is 0 Å². The van der Waals surface area contributed by atoms with Gasteiger partial charge in [0.15, 0.2) is 0 Å². The van der Waals surface area contributed by atoms with E-state index in [-0.39, 0.29) is 6.61 Å². The van der Waals surface area contributed by atoms with Gasteiger partial charge in [-0.1, -0.05) is 29.8 Å². The molecule has 0 unspecified atom stereocenters. The molecule has 0 saturated heterocycles. The van der Waals surface area contributed by atoms with Crippen LogP contribution in [0.3, 0.4) is 0 Å². The van der Waals surface area contributed by atoms with Gasteiger partial charge in [0.2, 0.25) is 0 Å². The fourth-order valence-electron chi connectivity index (χ4n) is 1.66. The van der Waals surface area contributed by atoms with E-state index < -0.39 is 0 Å². The first kappa shape index (κ1) is 11.0. The highest BCUT2D eigenvalue weighted by molar-refractivity contribution is 6.30. The van der Waals surface area contributed by atoms with Gasteiger partial charge in [-0.15, -0.1) is 0 Å². The molecule has 0 aliphatic heterocycles. The largest absolute Gasteiger partial charge is 0.399 e. The molecule has 0 amide bonds. The predicted octanol–water partition coefficient (Wildman–Crippen LogP) is 3.08. The minimum absolute atomic E-state index is 0.0248. The van der Waals surface area contributed by atoms with E-state index in [2.05, 4.69) is 0 Å². The van der Waals surface area contributed by atoms with Crippen molar-refractivity contribution in [2.24, 2.45) is 0 Å². The highest BCUT2D eigenvalue weighted by Gasteiger charge is 2.04. The molecule has 2 aromatic rings. The van der Waals surface area contributed by atoms with Crippen LogP contribution in [0.2, 0.25) is 5.02 Å². The summed E-state index contributed by atoms with van der Waals surface area (Å²) in [6.45, 7) is -0.0248. The number of aliphatic hydroxyl groups is 1. The number of hydrogen-bond donors (Lipinski definition) is 2. The van der Waals surface area contributed by atoms with Gasteiger partial charge in [-0.3, -0.25) is 0 Å². The molecule has 0 atom stereocenters. The number of aliphatic hydroxyl groups excluding tert-OH is 1. The van der Waals surface area contributed by atoms with Gasteiger partial charge >= 0.3 is 0 Å². The Kier molecular flexibility index (Phi) is 3.13.